The minimum Gasteiger partial charge on any atom is -0.493 e. The molecule has 0 aromatic heterocycles. The molecule has 7 nitrogen and oxygen atoms in total. The van der Waals surface area contributed by atoms with Gasteiger partial charge in [-0.3, -0.25) is 4.79 Å². The van der Waals surface area contributed by atoms with E-state index >= 15 is 0 Å². The molecule has 1 aromatic rings. The van der Waals surface area contributed by atoms with Crippen LogP contribution in [0.25, 0.3) is 0 Å². The molecule has 0 heterocycles. The first-order valence-corrected chi connectivity index (χ1v) is 6.41. The van der Waals surface area contributed by atoms with Crippen molar-refractivity contribution < 1.29 is 23.8 Å². The minimum absolute atomic E-state index is 0. The Labute approximate surface area is 135 Å². The third-order valence-corrected chi connectivity index (χ3v) is 2.78. The molecule has 0 saturated carbocycles. The van der Waals surface area contributed by atoms with Gasteiger partial charge in [-0.1, -0.05) is 0 Å². The summed E-state index contributed by atoms with van der Waals surface area (Å²) >= 11 is 0. The van der Waals surface area contributed by atoms with Crippen molar-refractivity contribution in [2.75, 3.05) is 33.2 Å². The number of anilines is 1. The van der Waals surface area contributed by atoms with Crippen LogP contribution in [0.15, 0.2) is 12.1 Å². The molecule has 3 N–H and O–H groups in total. The van der Waals surface area contributed by atoms with E-state index in [4.69, 9.17) is 15.2 Å². The van der Waals surface area contributed by atoms with Crippen molar-refractivity contribution in [2.45, 2.75) is 12.8 Å². The Morgan fingerprint density at radius 1 is 1.18 bits per heavy atom. The number of carbonyl (C=O) groups is 2. The number of esters is 1. The van der Waals surface area contributed by atoms with Crippen LogP contribution in [0.4, 0.5) is 5.69 Å². The second-order valence-corrected chi connectivity index (χ2v) is 4.19. The predicted octanol–water partition coefficient (Wildman–Crippen LogP) is 1.59. The molecule has 8 heteroatoms. The summed E-state index contributed by atoms with van der Waals surface area (Å²) in [6.45, 7) is 0.427. The summed E-state index contributed by atoms with van der Waals surface area (Å²) < 4.78 is 15.1. The molecule has 0 aliphatic rings. The number of hydrogen-bond acceptors (Lipinski definition) is 6. The Kier molecular flexibility index (Phi) is 8.97. The molecule has 0 radical (unpaired) electrons. The van der Waals surface area contributed by atoms with Crippen LogP contribution < -0.4 is 20.5 Å². The Bertz CT molecular complexity index is 522. The molecule has 1 rings (SSSR count). The lowest BCUT2D eigenvalue weighted by Gasteiger charge is -2.15. The zero-order valence-electron chi connectivity index (χ0n) is 12.8. The van der Waals surface area contributed by atoms with E-state index in [2.05, 4.69) is 10.1 Å². The molecule has 0 unspecified atom stereocenters. The lowest BCUT2D eigenvalue weighted by molar-refractivity contribution is -0.116. The molecule has 124 valence electrons. The number of hydrogen-bond donors (Lipinski definition) is 2. The second kappa shape index (κ2) is 9.86. The molecular weight excluding hydrogens is 312 g/mol. The van der Waals surface area contributed by atoms with E-state index in [0.29, 0.717) is 30.2 Å². The highest BCUT2D eigenvalue weighted by Crippen LogP contribution is 2.36. The van der Waals surface area contributed by atoms with Crippen molar-refractivity contribution in [3.8, 4) is 11.5 Å². The van der Waals surface area contributed by atoms with Crippen molar-refractivity contribution in [1.82, 2.24) is 0 Å². The zero-order valence-corrected chi connectivity index (χ0v) is 13.6. The predicted molar refractivity (Wildman–Crippen MR) is 85.1 cm³/mol. The molecule has 1 amide bonds. The Hall–Kier alpha value is -1.99. The van der Waals surface area contributed by atoms with Crippen LogP contribution in [0.3, 0.4) is 0 Å². The number of carbonyl (C=O) groups excluding carboxylic acids is 2. The summed E-state index contributed by atoms with van der Waals surface area (Å²) in [7, 11) is 4.17. The third kappa shape index (κ3) is 5.09. The van der Waals surface area contributed by atoms with Gasteiger partial charge in [-0.05, 0) is 25.1 Å². The molecular formula is C14H21ClN2O5. The van der Waals surface area contributed by atoms with Gasteiger partial charge in [-0.25, -0.2) is 4.79 Å². The molecule has 0 atom stereocenters. The first-order valence-electron chi connectivity index (χ1n) is 6.41. The lowest BCUT2D eigenvalue weighted by atomic mass is 10.1. The van der Waals surface area contributed by atoms with Gasteiger partial charge in [0.25, 0.3) is 0 Å². The number of methoxy groups -OCH3 is 3. The number of nitrogens with one attached hydrogen (secondary N) is 1. The molecule has 0 aliphatic carbocycles. The van der Waals surface area contributed by atoms with Crippen molar-refractivity contribution in [1.29, 1.82) is 0 Å². The van der Waals surface area contributed by atoms with E-state index in [1.807, 2.05) is 0 Å². The van der Waals surface area contributed by atoms with Crippen molar-refractivity contribution in [3.05, 3.63) is 17.7 Å². The van der Waals surface area contributed by atoms with Gasteiger partial charge in [-0.2, -0.15) is 0 Å². The maximum Gasteiger partial charge on any atom is 0.338 e. The summed E-state index contributed by atoms with van der Waals surface area (Å²) in [5, 5.41) is 2.68. The Balaban J connectivity index is 0.00000441. The van der Waals surface area contributed by atoms with Crippen molar-refractivity contribution in [3.63, 3.8) is 0 Å². The van der Waals surface area contributed by atoms with E-state index in [1.54, 1.807) is 0 Å². The molecule has 0 saturated heterocycles. The van der Waals surface area contributed by atoms with Gasteiger partial charge in [0.15, 0.2) is 11.5 Å². The van der Waals surface area contributed by atoms with Crippen LogP contribution in [-0.4, -0.2) is 39.8 Å². The molecule has 0 bridgehead atoms. The minimum atomic E-state index is -0.534. The highest BCUT2D eigenvalue weighted by Gasteiger charge is 2.18. The maximum atomic E-state index is 11.8. The lowest BCUT2D eigenvalue weighted by Crippen LogP contribution is -2.15. The number of ether oxygens (including phenoxy) is 3. The normalized spacial score (nSPS) is 9.45. The maximum absolute atomic E-state index is 11.8. The highest BCUT2D eigenvalue weighted by atomic mass is 35.5. The number of amides is 1. The summed E-state index contributed by atoms with van der Waals surface area (Å²) in [5.41, 5.74) is 5.97. The first kappa shape index (κ1) is 20.0. The zero-order chi connectivity index (χ0) is 15.8. The largest absolute Gasteiger partial charge is 0.493 e. The SMILES string of the molecule is COC(=O)c1cc(NC(=O)CCCN)c(OC)c(OC)c1.Cl. The van der Waals surface area contributed by atoms with Crippen LogP contribution in [0.2, 0.25) is 0 Å². The summed E-state index contributed by atoms with van der Waals surface area (Å²) in [5.74, 6) is -0.0861. The van der Waals surface area contributed by atoms with E-state index in [9.17, 15) is 9.59 Å². The first-order chi connectivity index (χ1) is 10.1. The van der Waals surface area contributed by atoms with Gasteiger partial charge in [0.2, 0.25) is 5.91 Å². The molecule has 0 spiro atoms. The number of nitrogens with two attached hydrogens (primary N) is 1. The van der Waals surface area contributed by atoms with Gasteiger partial charge < -0.3 is 25.3 Å². The quantitative estimate of drug-likeness (QED) is 0.735. The average Bonchev–Trinajstić information content (AvgIpc) is 2.51. The Morgan fingerprint density at radius 3 is 2.36 bits per heavy atom. The molecule has 1 aromatic carbocycles. The number of benzene rings is 1. The van der Waals surface area contributed by atoms with E-state index in [1.165, 1.54) is 33.5 Å². The summed E-state index contributed by atoms with van der Waals surface area (Å²) in [6.07, 6.45) is 0.854. The fourth-order valence-electron chi connectivity index (χ4n) is 1.77. The highest BCUT2D eigenvalue weighted by molar-refractivity contribution is 5.97. The molecule has 0 fully saturated rings. The van der Waals surface area contributed by atoms with Crippen molar-refractivity contribution >= 4 is 30.0 Å². The molecule has 0 aliphatic heterocycles. The smallest absolute Gasteiger partial charge is 0.338 e. The molecule has 22 heavy (non-hydrogen) atoms. The Morgan fingerprint density at radius 2 is 1.86 bits per heavy atom. The van der Waals surface area contributed by atoms with Crippen LogP contribution in [0.5, 0.6) is 11.5 Å². The van der Waals surface area contributed by atoms with Gasteiger partial charge in [0.1, 0.15) is 0 Å². The number of rotatable bonds is 7. The van der Waals surface area contributed by atoms with Gasteiger partial charge in [-0.15, -0.1) is 12.4 Å². The second-order valence-electron chi connectivity index (χ2n) is 4.19. The fraction of sp³-hybridized carbons (Fsp3) is 0.429. The van der Waals surface area contributed by atoms with Gasteiger partial charge >= 0.3 is 5.97 Å². The standard InChI is InChI=1S/C14H20N2O5.ClH/c1-19-11-8-9(14(18)21-3)7-10(13(11)20-2)16-12(17)5-4-6-15;/h7-8H,4-6,15H2,1-3H3,(H,16,17);1H. The van der Waals surface area contributed by atoms with Crippen LogP contribution in [0, 0.1) is 0 Å². The van der Waals surface area contributed by atoms with Crippen LogP contribution in [-0.2, 0) is 9.53 Å². The summed E-state index contributed by atoms with van der Waals surface area (Å²) in [4.78, 5) is 23.5. The van der Waals surface area contributed by atoms with Gasteiger partial charge in [0.05, 0.1) is 32.6 Å². The summed E-state index contributed by atoms with van der Waals surface area (Å²) in [6, 6.07) is 2.97. The van der Waals surface area contributed by atoms with E-state index in [-0.39, 0.29) is 30.3 Å². The van der Waals surface area contributed by atoms with Crippen molar-refractivity contribution in [2.24, 2.45) is 5.73 Å². The van der Waals surface area contributed by atoms with Crippen LogP contribution >= 0.6 is 12.4 Å². The topological polar surface area (TPSA) is 99.9 Å². The average molecular weight is 333 g/mol. The fourth-order valence-corrected chi connectivity index (χ4v) is 1.77. The monoisotopic (exact) mass is 332 g/mol. The van der Waals surface area contributed by atoms with E-state index < -0.39 is 5.97 Å². The van der Waals surface area contributed by atoms with Crippen LogP contribution in [0.1, 0.15) is 23.2 Å². The third-order valence-electron chi connectivity index (χ3n) is 2.78. The van der Waals surface area contributed by atoms with E-state index in [0.717, 1.165) is 0 Å². The number of halogens is 1. The van der Waals surface area contributed by atoms with Gasteiger partial charge in [0, 0.05) is 6.42 Å².